The van der Waals surface area contributed by atoms with Crippen molar-refractivity contribution in [2.24, 2.45) is 5.92 Å². The number of likely N-dealkylation sites (tertiary alicyclic amines) is 1. The maximum atomic E-state index is 14.5. The topological polar surface area (TPSA) is 38.1 Å². The van der Waals surface area contributed by atoms with Gasteiger partial charge in [0.05, 0.1) is 23.0 Å². The van der Waals surface area contributed by atoms with Crippen molar-refractivity contribution >= 4 is 16.8 Å². The molecular weight excluding hydrogens is 480 g/mol. The summed E-state index contributed by atoms with van der Waals surface area (Å²) in [7, 11) is 0. The van der Waals surface area contributed by atoms with Crippen LogP contribution in [0.4, 0.5) is 8.78 Å². The first-order chi connectivity index (χ1) is 18.5. The van der Waals surface area contributed by atoms with Gasteiger partial charge in [0.2, 0.25) is 0 Å². The molecule has 1 amide bonds. The molecule has 2 heterocycles. The predicted molar refractivity (Wildman–Crippen MR) is 142 cm³/mol. The first kappa shape index (κ1) is 22.8. The monoisotopic (exact) mass is 505 g/mol. The van der Waals surface area contributed by atoms with Crippen LogP contribution < -0.4 is 0 Å². The Kier molecular flexibility index (Phi) is 5.02. The summed E-state index contributed by atoms with van der Waals surface area (Å²) < 4.78 is 29.8. The molecule has 1 aliphatic heterocycles. The maximum Gasteiger partial charge on any atom is 0.256 e. The summed E-state index contributed by atoms with van der Waals surface area (Å²) in [6.45, 7) is 3.21. The number of rotatable bonds is 4. The van der Waals surface area contributed by atoms with Crippen LogP contribution in [0.1, 0.15) is 33.0 Å². The van der Waals surface area contributed by atoms with Gasteiger partial charge in [-0.05, 0) is 78.1 Å². The van der Waals surface area contributed by atoms with Gasteiger partial charge in [-0.2, -0.15) is 5.10 Å². The number of benzene rings is 4. The Morgan fingerprint density at radius 2 is 1.68 bits per heavy atom. The number of aromatic nitrogens is 2. The molecular formula is C32H25F2N3O. The van der Waals surface area contributed by atoms with Crippen molar-refractivity contribution in [1.29, 1.82) is 0 Å². The van der Waals surface area contributed by atoms with E-state index in [9.17, 15) is 13.6 Å². The van der Waals surface area contributed by atoms with Crippen molar-refractivity contribution in [3.63, 3.8) is 0 Å². The van der Waals surface area contributed by atoms with Gasteiger partial charge in [0.25, 0.3) is 5.91 Å². The Morgan fingerprint density at radius 3 is 2.45 bits per heavy atom. The SMILES string of the molecule is Cc1cc2c(cnn2-c2ccc(F)cc2)cc1[C@@]12CN(C(=O)c3ccccc3F)C[C@@H]1[C@H]2c1ccccc1. The van der Waals surface area contributed by atoms with Gasteiger partial charge in [-0.15, -0.1) is 0 Å². The van der Waals surface area contributed by atoms with Crippen LogP contribution in [0.25, 0.3) is 16.6 Å². The summed E-state index contributed by atoms with van der Waals surface area (Å²) in [4.78, 5) is 15.2. The third-order valence-corrected chi connectivity index (χ3v) is 8.42. The number of aryl methyl sites for hydroxylation is 1. The Morgan fingerprint density at radius 1 is 0.947 bits per heavy atom. The van der Waals surface area contributed by atoms with Crippen LogP contribution >= 0.6 is 0 Å². The number of amides is 1. The summed E-state index contributed by atoms with van der Waals surface area (Å²) >= 11 is 0. The van der Waals surface area contributed by atoms with Gasteiger partial charge in [-0.25, -0.2) is 13.5 Å². The van der Waals surface area contributed by atoms with Crippen molar-refractivity contribution in [1.82, 2.24) is 14.7 Å². The van der Waals surface area contributed by atoms with Crippen molar-refractivity contribution in [3.8, 4) is 5.69 Å². The third kappa shape index (κ3) is 3.33. The van der Waals surface area contributed by atoms with E-state index < -0.39 is 5.82 Å². The molecule has 0 N–H and O–H groups in total. The number of hydrogen-bond acceptors (Lipinski definition) is 2. The normalized spacial score (nSPS) is 22.0. The number of halogens is 2. The highest BCUT2D eigenvalue weighted by Crippen LogP contribution is 2.70. The van der Waals surface area contributed by atoms with E-state index in [4.69, 9.17) is 0 Å². The molecule has 1 saturated carbocycles. The van der Waals surface area contributed by atoms with Crippen LogP contribution in [-0.2, 0) is 5.41 Å². The number of carbonyl (C=O) groups excluding carboxylic acids is 1. The zero-order valence-electron chi connectivity index (χ0n) is 20.8. The zero-order valence-corrected chi connectivity index (χ0v) is 20.8. The Balaban J connectivity index is 1.31. The van der Waals surface area contributed by atoms with E-state index in [0.29, 0.717) is 13.1 Å². The molecule has 0 bridgehead atoms. The van der Waals surface area contributed by atoms with E-state index in [0.717, 1.165) is 22.2 Å². The van der Waals surface area contributed by atoms with E-state index in [1.807, 2.05) is 21.8 Å². The van der Waals surface area contributed by atoms with E-state index in [1.165, 1.54) is 29.3 Å². The van der Waals surface area contributed by atoms with Gasteiger partial charge in [-0.1, -0.05) is 42.5 Å². The molecule has 1 aromatic heterocycles. The molecule has 0 radical (unpaired) electrons. The summed E-state index contributed by atoms with van der Waals surface area (Å²) in [5, 5.41) is 5.58. The van der Waals surface area contributed by atoms with Crippen molar-refractivity contribution in [2.75, 3.05) is 13.1 Å². The van der Waals surface area contributed by atoms with Gasteiger partial charge < -0.3 is 4.90 Å². The van der Waals surface area contributed by atoms with Crippen LogP contribution in [0.2, 0.25) is 0 Å². The summed E-state index contributed by atoms with van der Waals surface area (Å²) in [6, 6.07) is 27.3. The van der Waals surface area contributed by atoms with Crippen molar-refractivity contribution < 1.29 is 13.6 Å². The molecule has 4 aromatic carbocycles. The molecule has 38 heavy (non-hydrogen) atoms. The summed E-state index contributed by atoms with van der Waals surface area (Å²) in [6.07, 6.45) is 1.84. The first-order valence-corrected chi connectivity index (χ1v) is 12.8. The molecule has 188 valence electrons. The molecule has 1 saturated heterocycles. The molecule has 5 aromatic rings. The van der Waals surface area contributed by atoms with E-state index in [1.54, 1.807) is 30.3 Å². The lowest BCUT2D eigenvalue weighted by atomic mass is 9.86. The number of fused-ring (bicyclic) bond motifs is 2. The number of carbonyl (C=O) groups is 1. The molecule has 2 fully saturated rings. The third-order valence-electron chi connectivity index (χ3n) is 8.42. The highest BCUT2D eigenvalue weighted by molar-refractivity contribution is 5.95. The van der Waals surface area contributed by atoms with Crippen LogP contribution in [-0.4, -0.2) is 33.7 Å². The highest BCUT2D eigenvalue weighted by atomic mass is 19.1. The number of hydrogen-bond donors (Lipinski definition) is 0. The first-order valence-electron chi connectivity index (χ1n) is 12.8. The maximum absolute atomic E-state index is 14.5. The van der Waals surface area contributed by atoms with Crippen molar-refractivity contribution in [3.05, 3.63) is 131 Å². The van der Waals surface area contributed by atoms with Gasteiger partial charge in [-0.3, -0.25) is 4.79 Å². The van der Waals surface area contributed by atoms with Gasteiger partial charge in [0.1, 0.15) is 11.6 Å². The second-order valence-corrected chi connectivity index (χ2v) is 10.5. The lowest BCUT2D eigenvalue weighted by Crippen LogP contribution is -2.35. The zero-order chi connectivity index (χ0) is 26.0. The van der Waals surface area contributed by atoms with Gasteiger partial charge in [0, 0.05) is 29.8 Å². The molecule has 4 nitrogen and oxygen atoms in total. The Bertz CT molecular complexity index is 1700. The standard InChI is InChI=1S/C32H25F2N3O/c1-20-15-29-22(17-35-37(29)24-13-11-23(33)12-14-24)16-26(20)32-19-36(31(38)25-9-5-6-10-28(25)34)18-27(32)30(32)21-7-3-2-4-8-21/h2-17,27,30H,18-19H2,1H3/t27-,30-,32+/m1/s1. The fourth-order valence-electron chi connectivity index (χ4n) is 6.69. The highest BCUT2D eigenvalue weighted by Gasteiger charge is 2.71. The largest absolute Gasteiger partial charge is 0.337 e. The minimum Gasteiger partial charge on any atom is -0.337 e. The second kappa shape index (κ2) is 8.35. The number of nitrogens with zero attached hydrogens (tertiary/aromatic N) is 3. The number of piperidine rings is 1. The lowest BCUT2D eigenvalue weighted by Gasteiger charge is -2.26. The fraction of sp³-hybridized carbons (Fsp3) is 0.188. The smallest absolute Gasteiger partial charge is 0.256 e. The Labute approximate surface area is 219 Å². The van der Waals surface area contributed by atoms with Crippen LogP contribution in [0.3, 0.4) is 0 Å². The molecule has 6 heteroatoms. The molecule has 0 unspecified atom stereocenters. The van der Waals surface area contributed by atoms with E-state index in [-0.39, 0.29) is 34.5 Å². The van der Waals surface area contributed by atoms with Crippen LogP contribution in [0.15, 0.2) is 97.2 Å². The molecule has 3 atom stereocenters. The van der Waals surface area contributed by atoms with Crippen molar-refractivity contribution in [2.45, 2.75) is 18.3 Å². The second-order valence-electron chi connectivity index (χ2n) is 10.5. The summed E-state index contributed by atoms with van der Waals surface area (Å²) in [5.41, 5.74) is 5.18. The van der Waals surface area contributed by atoms with Crippen LogP contribution in [0, 0.1) is 24.5 Å². The molecule has 7 rings (SSSR count). The van der Waals surface area contributed by atoms with Gasteiger partial charge >= 0.3 is 0 Å². The average molecular weight is 506 g/mol. The lowest BCUT2D eigenvalue weighted by molar-refractivity contribution is 0.0764. The molecule has 0 spiro atoms. The average Bonchev–Trinajstić information content (AvgIpc) is 3.19. The minimum atomic E-state index is -0.488. The van der Waals surface area contributed by atoms with Crippen LogP contribution in [0.5, 0.6) is 0 Å². The Hall–Kier alpha value is -4.32. The molecule has 2 aliphatic rings. The predicted octanol–water partition coefficient (Wildman–Crippen LogP) is 6.42. The summed E-state index contributed by atoms with van der Waals surface area (Å²) in [5.74, 6) is -0.521. The molecule has 1 aliphatic carbocycles. The van der Waals surface area contributed by atoms with E-state index in [2.05, 4.69) is 48.4 Å². The minimum absolute atomic E-state index is 0.118. The van der Waals surface area contributed by atoms with E-state index >= 15 is 0 Å². The fourth-order valence-corrected chi connectivity index (χ4v) is 6.69. The van der Waals surface area contributed by atoms with Gasteiger partial charge in [0.15, 0.2) is 0 Å². The quantitative estimate of drug-likeness (QED) is 0.283.